The maximum Gasteiger partial charge on any atom is 0.508 e. The van der Waals surface area contributed by atoms with Crippen molar-refractivity contribution in [3.63, 3.8) is 0 Å². The van der Waals surface area contributed by atoms with E-state index in [1.165, 1.54) is 89.9 Å². The van der Waals surface area contributed by atoms with E-state index >= 15 is 0 Å². The minimum atomic E-state index is -0.603. The Balaban J connectivity index is 1.96. The van der Waals surface area contributed by atoms with E-state index < -0.39 is 12.3 Å². The molecule has 0 N–H and O–H groups in total. The van der Waals surface area contributed by atoms with Crippen molar-refractivity contribution in [3.05, 3.63) is 0 Å². The molecule has 0 aromatic heterocycles. The van der Waals surface area contributed by atoms with Gasteiger partial charge in [0.15, 0.2) is 0 Å². The molecule has 1 rings (SSSR count). The van der Waals surface area contributed by atoms with Gasteiger partial charge in [0, 0.05) is 6.42 Å². The van der Waals surface area contributed by atoms with Gasteiger partial charge in [-0.05, 0) is 43.9 Å². The number of unbranched alkanes of at least 4 members (excludes halogenated alkanes) is 14. The van der Waals surface area contributed by atoms with Gasteiger partial charge in [-0.1, -0.05) is 130 Å². The zero-order chi connectivity index (χ0) is 29.3. The Bertz CT molecular complexity index is 555. The van der Waals surface area contributed by atoms with Crippen molar-refractivity contribution >= 4 is 12.3 Å². The highest BCUT2D eigenvalue weighted by molar-refractivity contribution is 5.60. The minimum Gasteiger partial charge on any atom is -0.434 e. The van der Waals surface area contributed by atoms with Crippen LogP contribution in [0.5, 0.6) is 0 Å². The highest BCUT2D eigenvalue weighted by Crippen LogP contribution is 2.24. The number of carbonyl (C=O) groups excluding carboxylic acids is 2. The first-order valence-corrected chi connectivity index (χ1v) is 17.0. The Morgan fingerprint density at radius 2 is 0.850 bits per heavy atom. The quantitative estimate of drug-likeness (QED) is 0.0851. The van der Waals surface area contributed by atoms with E-state index in [1.54, 1.807) is 0 Å². The molecule has 0 radical (unpaired) electrons. The van der Waals surface area contributed by atoms with Crippen LogP contribution in [0.1, 0.15) is 169 Å². The average Bonchev–Trinajstić information content (AvgIpc) is 2.90. The first kappa shape index (κ1) is 36.6. The lowest BCUT2D eigenvalue weighted by molar-refractivity contribution is -0.0350. The predicted octanol–water partition coefficient (Wildman–Crippen LogP) is 10.9. The second-order valence-electron chi connectivity index (χ2n) is 12.9. The van der Waals surface area contributed by atoms with Crippen molar-refractivity contribution in [2.45, 2.75) is 181 Å². The molecular weight excluding hydrogens is 504 g/mol. The zero-order valence-electron chi connectivity index (χ0n) is 26.7. The normalized spacial score (nSPS) is 17.2. The molecule has 6 nitrogen and oxygen atoms in total. The highest BCUT2D eigenvalue weighted by Gasteiger charge is 2.28. The summed E-state index contributed by atoms with van der Waals surface area (Å²) in [5.74, 6) is 1.63. The third-order valence-electron chi connectivity index (χ3n) is 7.90. The van der Waals surface area contributed by atoms with Crippen LogP contribution >= 0.6 is 0 Å². The van der Waals surface area contributed by atoms with Crippen LogP contribution in [-0.2, 0) is 18.9 Å². The van der Waals surface area contributed by atoms with Gasteiger partial charge in [0.1, 0.15) is 12.2 Å². The van der Waals surface area contributed by atoms with Gasteiger partial charge < -0.3 is 18.9 Å². The molecule has 1 saturated carbocycles. The topological polar surface area (TPSA) is 71.1 Å². The molecule has 0 aromatic rings. The van der Waals surface area contributed by atoms with Gasteiger partial charge in [-0.25, -0.2) is 9.59 Å². The lowest BCUT2D eigenvalue weighted by Crippen LogP contribution is -2.32. The van der Waals surface area contributed by atoms with Crippen molar-refractivity contribution in [3.8, 4) is 0 Å². The molecule has 40 heavy (non-hydrogen) atoms. The van der Waals surface area contributed by atoms with Crippen molar-refractivity contribution in [1.82, 2.24) is 0 Å². The van der Waals surface area contributed by atoms with E-state index in [9.17, 15) is 9.59 Å². The molecule has 0 spiro atoms. The lowest BCUT2D eigenvalue weighted by atomic mass is 9.95. The Kier molecular flexibility index (Phi) is 23.1. The van der Waals surface area contributed by atoms with Gasteiger partial charge in [-0.2, -0.15) is 0 Å². The molecule has 0 aromatic carbocycles. The minimum absolute atomic E-state index is 0.264. The van der Waals surface area contributed by atoms with Crippen LogP contribution in [0.2, 0.25) is 0 Å². The molecule has 1 fully saturated rings. The SMILES string of the molecule is CC(C)CCCCCCCCCCOC(=O)OC1CCCC(OC(=O)OCCCCCCCCCCC(C)C)C1. The van der Waals surface area contributed by atoms with E-state index in [4.69, 9.17) is 18.9 Å². The second kappa shape index (κ2) is 25.3. The summed E-state index contributed by atoms with van der Waals surface area (Å²) in [6.07, 6.45) is 23.4. The van der Waals surface area contributed by atoms with E-state index in [-0.39, 0.29) is 12.2 Å². The first-order valence-electron chi connectivity index (χ1n) is 17.0. The van der Waals surface area contributed by atoms with Gasteiger partial charge in [-0.15, -0.1) is 0 Å². The van der Waals surface area contributed by atoms with E-state index in [0.717, 1.165) is 56.8 Å². The molecule has 236 valence electrons. The highest BCUT2D eigenvalue weighted by atomic mass is 16.7. The van der Waals surface area contributed by atoms with E-state index in [0.29, 0.717) is 19.6 Å². The second-order valence-corrected chi connectivity index (χ2v) is 12.9. The molecular formula is C34H64O6. The largest absolute Gasteiger partial charge is 0.508 e. The molecule has 2 unspecified atom stereocenters. The summed E-state index contributed by atoms with van der Waals surface area (Å²) >= 11 is 0. The van der Waals surface area contributed by atoms with Crippen molar-refractivity contribution in [2.24, 2.45) is 11.8 Å². The smallest absolute Gasteiger partial charge is 0.434 e. The van der Waals surface area contributed by atoms with Crippen LogP contribution in [0.3, 0.4) is 0 Å². The number of carbonyl (C=O) groups is 2. The molecule has 0 amide bonds. The van der Waals surface area contributed by atoms with Gasteiger partial charge in [-0.3, -0.25) is 0 Å². The summed E-state index contributed by atoms with van der Waals surface area (Å²) in [7, 11) is 0. The summed E-state index contributed by atoms with van der Waals surface area (Å²) in [6, 6.07) is 0. The van der Waals surface area contributed by atoms with Crippen LogP contribution < -0.4 is 0 Å². The third-order valence-corrected chi connectivity index (χ3v) is 7.90. The number of rotatable bonds is 24. The van der Waals surface area contributed by atoms with Gasteiger partial charge in [0.2, 0.25) is 0 Å². The summed E-state index contributed by atoms with van der Waals surface area (Å²) < 4.78 is 21.5. The third kappa shape index (κ3) is 23.3. The van der Waals surface area contributed by atoms with Crippen LogP contribution in [0.25, 0.3) is 0 Å². The summed E-state index contributed by atoms with van der Waals surface area (Å²) in [4.78, 5) is 24.2. The van der Waals surface area contributed by atoms with Crippen LogP contribution in [0.15, 0.2) is 0 Å². The van der Waals surface area contributed by atoms with Crippen LogP contribution in [0.4, 0.5) is 9.59 Å². The fourth-order valence-electron chi connectivity index (χ4n) is 5.40. The molecule has 2 atom stereocenters. The molecule has 0 bridgehead atoms. The lowest BCUT2D eigenvalue weighted by Gasteiger charge is -2.28. The predicted molar refractivity (Wildman–Crippen MR) is 164 cm³/mol. The Hall–Kier alpha value is -1.46. The molecule has 1 aliphatic carbocycles. The molecule has 0 heterocycles. The van der Waals surface area contributed by atoms with Crippen molar-refractivity contribution < 1.29 is 28.5 Å². The number of hydrogen-bond acceptors (Lipinski definition) is 6. The molecule has 0 aliphatic heterocycles. The summed E-state index contributed by atoms with van der Waals surface area (Å²) in [5.41, 5.74) is 0. The zero-order valence-corrected chi connectivity index (χ0v) is 26.7. The molecule has 1 aliphatic rings. The fourth-order valence-corrected chi connectivity index (χ4v) is 5.40. The Morgan fingerprint density at radius 1 is 0.525 bits per heavy atom. The van der Waals surface area contributed by atoms with Crippen LogP contribution in [0, 0.1) is 11.8 Å². The van der Waals surface area contributed by atoms with Crippen molar-refractivity contribution in [2.75, 3.05) is 13.2 Å². The maximum absolute atomic E-state index is 12.1. The molecule has 0 saturated heterocycles. The van der Waals surface area contributed by atoms with Crippen molar-refractivity contribution in [1.29, 1.82) is 0 Å². The number of ether oxygens (including phenoxy) is 4. The average molecular weight is 569 g/mol. The standard InChI is InChI=1S/C34H64O6/c1-29(2)22-17-13-9-5-7-11-15-19-26-37-33(35)39-31-24-21-25-32(28-31)40-34(36)38-27-20-16-12-8-6-10-14-18-23-30(3)4/h29-32H,5-28H2,1-4H3. The Labute approximate surface area is 247 Å². The van der Waals surface area contributed by atoms with Crippen LogP contribution in [-0.4, -0.2) is 37.7 Å². The Morgan fingerprint density at radius 3 is 1.20 bits per heavy atom. The monoisotopic (exact) mass is 568 g/mol. The van der Waals surface area contributed by atoms with Gasteiger partial charge in [0.25, 0.3) is 0 Å². The maximum atomic E-state index is 12.1. The van der Waals surface area contributed by atoms with Gasteiger partial charge >= 0.3 is 12.3 Å². The summed E-state index contributed by atoms with van der Waals surface area (Å²) in [6.45, 7) is 9.97. The number of hydrogen-bond donors (Lipinski definition) is 0. The summed E-state index contributed by atoms with van der Waals surface area (Å²) in [5, 5.41) is 0. The molecule has 6 heteroatoms. The van der Waals surface area contributed by atoms with E-state index in [2.05, 4.69) is 27.7 Å². The first-order chi connectivity index (χ1) is 19.4. The van der Waals surface area contributed by atoms with Gasteiger partial charge in [0.05, 0.1) is 13.2 Å². The van der Waals surface area contributed by atoms with E-state index in [1.807, 2.05) is 0 Å². The fraction of sp³-hybridized carbons (Fsp3) is 0.941.